The average Bonchev–Trinajstić information content (AvgIpc) is 2.78. The average molecular weight is 545 g/mol. The van der Waals surface area contributed by atoms with Gasteiger partial charge in [0.05, 0.1) is 36.3 Å². The van der Waals surface area contributed by atoms with Crippen LogP contribution in [0.1, 0.15) is 33.5 Å². The minimum atomic E-state index is 0.274. The first kappa shape index (κ1) is 22.9. The maximum absolute atomic E-state index is 9.32. The zero-order valence-corrected chi connectivity index (χ0v) is 20.4. The molecule has 31 heavy (non-hydrogen) atoms. The monoisotopic (exact) mass is 545 g/mol. The number of halogens is 1. The third kappa shape index (κ3) is 5.49. The number of rotatable bonds is 8. The minimum absolute atomic E-state index is 0.274. The van der Waals surface area contributed by atoms with Gasteiger partial charge in [0, 0.05) is 28.8 Å². The van der Waals surface area contributed by atoms with Crippen LogP contribution in [0.4, 0.5) is 5.69 Å². The van der Waals surface area contributed by atoms with Crippen LogP contribution in [-0.4, -0.2) is 23.0 Å². The van der Waals surface area contributed by atoms with Gasteiger partial charge in [-0.05, 0) is 77.9 Å². The molecule has 0 saturated carbocycles. The molecule has 7 nitrogen and oxygen atoms in total. The Morgan fingerprint density at radius 1 is 1.23 bits per heavy atom. The maximum Gasteiger partial charge on any atom is 0.120 e. The molecular formula is C22H21IN5O2P. The normalized spacial score (nSPS) is 10.7. The molecule has 1 heterocycles. The zero-order chi connectivity index (χ0) is 22.4. The smallest absolute Gasteiger partial charge is 0.120 e. The number of aryl methyl sites for hydroxylation is 2. The number of nitrogens with zero attached hydrogens (tertiary/aromatic N) is 3. The van der Waals surface area contributed by atoms with Crippen molar-refractivity contribution < 1.29 is 9.47 Å². The molecule has 0 aliphatic carbocycles. The summed E-state index contributed by atoms with van der Waals surface area (Å²) in [5, 5.41) is 29.5. The quantitative estimate of drug-likeness (QED) is 0.226. The van der Waals surface area contributed by atoms with Gasteiger partial charge in [0.1, 0.15) is 18.1 Å². The van der Waals surface area contributed by atoms with Crippen molar-refractivity contribution in [3.8, 4) is 17.6 Å². The molecule has 3 aromatic rings. The fourth-order valence-corrected chi connectivity index (χ4v) is 4.25. The molecule has 1 aromatic heterocycles. The van der Waals surface area contributed by atoms with Crippen molar-refractivity contribution in [1.29, 1.82) is 10.7 Å². The van der Waals surface area contributed by atoms with Crippen LogP contribution in [0.5, 0.6) is 11.5 Å². The summed E-state index contributed by atoms with van der Waals surface area (Å²) in [6.07, 6.45) is 2.16. The lowest BCUT2D eigenvalue weighted by Crippen LogP contribution is -2.07. The van der Waals surface area contributed by atoms with E-state index in [0.29, 0.717) is 41.2 Å². The summed E-state index contributed by atoms with van der Waals surface area (Å²) >= 11 is 2.25. The van der Waals surface area contributed by atoms with E-state index in [9.17, 15) is 5.26 Å². The molecule has 2 aromatic carbocycles. The highest BCUT2D eigenvalue weighted by Gasteiger charge is 2.15. The number of aromatic nitrogens is 2. The number of nitriles is 1. The standard InChI is InChI=1S/C22H21IN5O2P/c1-13-11-26-27-14(2)20(13)12-30-17-4-5-21(28-31-23)19(9-17)22(25)16-6-15(10-24)7-18(8-16)29-3/h4-9,11,25,28,31H,12H2,1-3H3. The summed E-state index contributed by atoms with van der Waals surface area (Å²) in [6, 6.07) is 12.8. The number of benzene rings is 2. The highest BCUT2D eigenvalue weighted by atomic mass is 127. The van der Waals surface area contributed by atoms with E-state index in [0.717, 1.165) is 22.5 Å². The Labute approximate surface area is 196 Å². The molecule has 0 bridgehead atoms. The molecular weight excluding hydrogens is 524 g/mol. The number of hydrogen-bond acceptors (Lipinski definition) is 7. The van der Waals surface area contributed by atoms with Crippen LogP contribution < -0.4 is 14.6 Å². The van der Waals surface area contributed by atoms with Crippen LogP contribution in [0.3, 0.4) is 0 Å². The van der Waals surface area contributed by atoms with Crippen LogP contribution in [0, 0.1) is 30.6 Å². The summed E-state index contributed by atoms with van der Waals surface area (Å²) in [6.45, 7) is 4.24. The Balaban J connectivity index is 1.95. The zero-order valence-electron chi connectivity index (χ0n) is 17.3. The van der Waals surface area contributed by atoms with Gasteiger partial charge < -0.3 is 14.6 Å². The van der Waals surface area contributed by atoms with E-state index in [2.05, 4.69) is 43.4 Å². The second-order valence-electron chi connectivity index (χ2n) is 6.74. The summed E-state index contributed by atoms with van der Waals surface area (Å²) in [4.78, 5) is 0. The number of nitrogens with one attached hydrogen (secondary N) is 2. The van der Waals surface area contributed by atoms with Gasteiger partial charge in [-0.3, -0.25) is 5.41 Å². The van der Waals surface area contributed by atoms with Gasteiger partial charge in [0.2, 0.25) is 0 Å². The van der Waals surface area contributed by atoms with Crippen LogP contribution >= 0.6 is 28.4 Å². The Morgan fingerprint density at radius 2 is 2.03 bits per heavy atom. The molecule has 0 spiro atoms. The molecule has 0 aliphatic heterocycles. The molecule has 1 unspecified atom stereocenters. The van der Waals surface area contributed by atoms with Gasteiger partial charge in [-0.2, -0.15) is 15.5 Å². The highest BCUT2D eigenvalue weighted by molar-refractivity contribution is 14.2. The van der Waals surface area contributed by atoms with Gasteiger partial charge in [-0.25, -0.2) is 0 Å². The van der Waals surface area contributed by atoms with Gasteiger partial charge in [-0.15, -0.1) is 0 Å². The van der Waals surface area contributed by atoms with Gasteiger partial charge >= 0.3 is 0 Å². The summed E-state index contributed by atoms with van der Waals surface area (Å²) in [5.41, 5.74) is 5.66. The van der Waals surface area contributed by atoms with Crippen molar-refractivity contribution in [2.45, 2.75) is 20.5 Å². The van der Waals surface area contributed by atoms with Crippen molar-refractivity contribution in [1.82, 2.24) is 10.2 Å². The van der Waals surface area contributed by atoms with Crippen molar-refractivity contribution in [2.75, 3.05) is 12.2 Å². The fourth-order valence-electron chi connectivity index (χ4n) is 3.06. The Hall–Kier alpha value is -2.76. The largest absolute Gasteiger partial charge is 0.497 e. The lowest BCUT2D eigenvalue weighted by Gasteiger charge is -2.16. The number of methoxy groups -OCH3 is 1. The molecule has 0 aliphatic rings. The molecule has 0 fully saturated rings. The first-order valence-electron chi connectivity index (χ1n) is 9.31. The maximum atomic E-state index is 9.32. The summed E-state index contributed by atoms with van der Waals surface area (Å²) in [5.74, 6) is 1.17. The Bertz CT molecular complexity index is 1140. The van der Waals surface area contributed by atoms with Crippen LogP contribution in [-0.2, 0) is 6.61 Å². The van der Waals surface area contributed by atoms with Crippen molar-refractivity contribution in [3.05, 3.63) is 76.1 Å². The van der Waals surface area contributed by atoms with Crippen molar-refractivity contribution >= 4 is 39.8 Å². The van der Waals surface area contributed by atoms with E-state index in [1.54, 1.807) is 31.5 Å². The third-order valence-corrected chi connectivity index (χ3v) is 5.93. The van der Waals surface area contributed by atoms with E-state index >= 15 is 0 Å². The van der Waals surface area contributed by atoms with Crippen LogP contribution in [0.25, 0.3) is 0 Å². The van der Waals surface area contributed by atoms with Gasteiger partial charge in [-0.1, -0.05) is 0 Å². The van der Waals surface area contributed by atoms with E-state index in [-0.39, 0.29) is 5.71 Å². The first-order chi connectivity index (χ1) is 15.0. The summed E-state index contributed by atoms with van der Waals surface area (Å²) in [7, 11) is 1.54. The van der Waals surface area contributed by atoms with Crippen molar-refractivity contribution in [2.24, 2.45) is 0 Å². The fraction of sp³-hybridized carbons (Fsp3) is 0.182. The lowest BCUT2D eigenvalue weighted by molar-refractivity contribution is 0.303. The van der Waals surface area contributed by atoms with Crippen LogP contribution in [0.2, 0.25) is 0 Å². The molecule has 0 radical (unpaired) electrons. The minimum Gasteiger partial charge on any atom is -0.497 e. The molecule has 158 valence electrons. The SMILES string of the molecule is COc1cc(C#N)cc(C(=N)c2cc(OCc3c(C)cnnc3C)ccc2NPI)c1. The van der Waals surface area contributed by atoms with Crippen LogP contribution in [0.15, 0.2) is 42.6 Å². The number of ether oxygens (including phenoxy) is 2. The molecule has 2 N–H and O–H groups in total. The molecule has 0 saturated heterocycles. The van der Waals surface area contributed by atoms with Gasteiger partial charge in [0.15, 0.2) is 0 Å². The second-order valence-corrected chi connectivity index (χ2v) is 8.80. The van der Waals surface area contributed by atoms with E-state index in [4.69, 9.17) is 14.9 Å². The Kier molecular flexibility index (Phi) is 7.77. The van der Waals surface area contributed by atoms with E-state index in [1.807, 2.05) is 32.0 Å². The predicted molar refractivity (Wildman–Crippen MR) is 132 cm³/mol. The number of anilines is 1. The molecule has 9 heteroatoms. The highest BCUT2D eigenvalue weighted by Crippen LogP contribution is 2.32. The predicted octanol–water partition coefficient (Wildman–Crippen LogP) is 5.32. The molecule has 1 atom stereocenters. The third-order valence-electron chi connectivity index (χ3n) is 4.76. The molecule has 3 rings (SSSR count). The van der Waals surface area contributed by atoms with Gasteiger partial charge in [0.25, 0.3) is 0 Å². The topological polar surface area (TPSA) is 104 Å². The number of hydrogen-bond donors (Lipinski definition) is 2. The van der Waals surface area contributed by atoms with E-state index in [1.165, 1.54) is 0 Å². The second kappa shape index (κ2) is 10.5. The lowest BCUT2D eigenvalue weighted by atomic mass is 9.98. The summed E-state index contributed by atoms with van der Waals surface area (Å²) < 4.78 is 11.3. The molecule has 0 amide bonds. The van der Waals surface area contributed by atoms with Crippen molar-refractivity contribution in [3.63, 3.8) is 0 Å². The van der Waals surface area contributed by atoms with E-state index < -0.39 is 0 Å². The Morgan fingerprint density at radius 3 is 2.71 bits per heavy atom. The first-order valence-corrected chi connectivity index (χ1v) is 13.4.